The second kappa shape index (κ2) is 4.84. The highest BCUT2D eigenvalue weighted by Crippen LogP contribution is 2.21. The van der Waals surface area contributed by atoms with Crippen molar-refractivity contribution < 1.29 is 9.90 Å². The normalized spacial score (nSPS) is 10.2. The standard InChI is InChI=1S/C9H7N5O3S/c10-5-1-6(15)14-9(13-5)18-7-3-11-2-4(12-7)8(16)17/h1-3H,(H,16,17)(H3,10,13,14,15). The smallest absolute Gasteiger partial charge is 0.356 e. The van der Waals surface area contributed by atoms with Gasteiger partial charge in [-0.2, -0.15) is 0 Å². The van der Waals surface area contributed by atoms with Crippen molar-refractivity contribution in [1.82, 2.24) is 19.9 Å². The van der Waals surface area contributed by atoms with E-state index in [1.165, 1.54) is 6.20 Å². The van der Waals surface area contributed by atoms with Crippen LogP contribution in [0.2, 0.25) is 0 Å². The number of nitrogen functional groups attached to an aromatic ring is 1. The van der Waals surface area contributed by atoms with E-state index < -0.39 is 11.5 Å². The number of anilines is 1. The van der Waals surface area contributed by atoms with Gasteiger partial charge in [0.2, 0.25) is 0 Å². The van der Waals surface area contributed by atoms with E-state index in [-0.39, 0.29) is 16.7 Å². The van der Waals surface area contributed by atoms with Crippen molar-refractivity contribution in [2.75, 3.05) is 5.73 Å². The van der Waals surface area contributed by atoms with Gasteiger partial charge in [0, 0.05) is 6.07 Å². The lowest BCUT2D eigenvalue weighted by molar-refractivity contribution is 0.0689. The van der Waals surface area contributed by atoms with Crippen molar-refractivity contribution in [3.05, 3.63) is 34.5 Å². The second-order valence-corrected chi connectivity index (χ2v) is 4.13. The second-order valence-electron chi connectivity index (χ2n) is 3.13. The third kappa shape index (κ3) is 2.83. The van der Waals surface area contributed by atoms with Crippen LogP contribution in [0, 0.1) is 0 Å². The van der Waals surface area contributed by atoms with E-state index >= 15 is 0 Å². The number of aromatic nitrogens is 4. The molecule has 2 rings (SSSR count). The van der Waals surface area contributed by atoms with Gasteiger partial charge in [-0.05, 0) is 11.8 Å². The Kier molecular flexibility index (Phi) is 3.24. The van der Waals surface area contributed by atoms with E-state index in [1.54, 1.807) is 0 Å². The number of aromatic amines is 1. The van der Waals surface area contributed by atoms with Crippen LogP contribution in [-0.4, -0.2) is 31.0 Å². The molecular weight excluding hydrogens is 258 g/mol. The Bertz CT molecular complexity index is 657. The summed E-state index contributed by atoms with van der Waals surface area (Å²) in [4.78, 5) is 35.7. The van der Waals surface area contributed by atoms with E-state index in [2.05, 4.69) is 19.9 Å². The van der Waals surface area contributed by atoms with Crippen LogP contribution in [0.3, 0.4) is 0 Å². The lowest BCUT2D eigenvalue weighted by Crippen LogP contribution is -2.09. The van der Waals surface area contributed by atoms with Gasteiger partial charge < -0.3 is 15.8 Å². The van der Waals surface area contributed by atoms with E-state index in [1.807, 2.05) is 0 Å². The summed E-state index contributed by atoms with van der Waals surface area (Å²) < 4.78 is 0. The first-order valence-electron chi connectivity index (χ1n) is 4.64. The fourth-order valence-corrected chi connectivity index (χ4v) is 1.86. The summed E-state index contributed by atoms with van der Waals surface area (Å²) in [5.74, 6) is -1.11. The molecule has 2 aromatic rings. The molecule has 0 spiro atoms. The maximum atomic E-state index is 11.2. The molecule has 0 aliphatic carbocycles. The molecule has 0 aliphatic heterocycles. The first-order valence-corrected chi connectivity index (χ1v) is 5.46. The topological polar surface area (TPSA) is 135 Å². The van der Waals surface area contributed by atoms with Gasteiger partial charge in [-0.25, -0.2) is 14.8 Å². The average molecular weight is 265 g/mol. The Balaban J connectivity index is 2.31. The molecule has 9 heteroatoms. The molecule has 0 amide bonds. The molecule has 0 atom stereocenters. The van der Waals surface area contributed by atoms with E-state index in [4.69, 9.17) is 10.8 Å². The molecule has 18 heavy (non-hydrogen) atoms. The van der Waals surface area contributed by atoms with Crippen LogP contribution in [0.15, 0.2) is 33.4 Å². The summed E-state index contributed by atoms with van der Waals surface area (Å²) >= 11 is 0.964. The van der Waals surface area contributed by atoms with Gasteiger partial charge in [0.15, 0.2) is 10.9 Å². The van der Waals surface area contributed by atoms with Gasteiger partial charge >= 0.3 is 5.97 Å². The minimum absolute atomic E-state index is 0.0728. The fraction of sp³-hybridized carbons (Fsp3) is 0. The first-order chi connectivity index (χ1) is 8.54. The predicted octanol–water partition coefficient (Wildman–Crippen LogP) is -0.00850. The number of hydrogen-bond donors (Lipinski definition) is 3. The Morgan fingerprint density at radius 2 is 2.17 bits per heavy atom. The number of carbonyl (C=O) groups is 1. The van der Waals surface area contributed by atoms with Gasteiger partial charge in [0.1, 0.15) is 10.8 Å². The highest BCUT2D eigenvalue weighted by molar-refractivity contribution is 7.99. The van der Waals surface area contributed by atoms with Crippen LogP contribution in [0.4, 0.5) is 5.82 Å². The number of carboxylic acids is 1. The van der Waals surface area contributed by atoms with E-state index in [0.29, 0.717) is 5.03 Å². The molecule has 0 fully saturated rings. The number of carboxylic acid groups (broad SMARTS) is 1. The largest absolute Gasteiger partial charge is 0.476 e. The Hall–Kier alpha value is -2.42. The molecule has 4 N–H and O–H groups in total. The van der Waals surface area contributed by atoms with Crippen LogP contribution >= 0.6 is 11.8 Å². The minimum atomic E-state index is -1.18. The molecule has 0 saturated heterocycles. The molecule has 92 valence electrons. The number of hydrogen-bond acceptors (Lipinski definition) is 7. The van der Waals surface area contributed by atoms with Crippen LogP contribution in [-0.2, 0) is 0 Å². The van der Waals surface area contributed by atoms with Gasteiger partial charge in [-0.1, -0.05) is 0 Å². The average Bonchev–Trinajstić information content (AvgIpc) is 2.27. The number of H-pyrrole nitrogens is 1. The maximum Gasteiger partial charge on any atom is 0.356 e. The molecule has 0 unspecified atom stereocenters. The molecule has 0 bridgehead atoms. The van der Waals surface area contributed by atoms with Crippen LogP contribution in [0.5, 0.6) is 0 Å². The van der Waals surface area contributed by atoms with Crippen LogP contribution in [0.25, 0.3) is 0 Å². The molecule has 2 heterocycles. The fourth-order valence-electron chi connectivity index (χ4n) is 1.10. The van der Waals surface area contributed by atoms with Gasteiger partial charge in [-0.15, -0.1) is 0 Å². The Labute approximate surface area is 104 Å². The molecule has 0 radical (unpaired) electrons. The van der Waals surface area contributed by atoms with Crippen LogP contribution in [0.1, 0.15) is 10.5 Å². The van der Waals surface area contributed by atoms with Crippen molar-refractivity contribution in [2.45, 2.75) is 10.2 Å². The summed E-state index contributed by atoms with van der Waals surface area (Å²) in [6, 6.07) is 1.14. The van der Waals surface area contributed by atoms with Crippen LogP contribution < -0.4 is 11.3 Å². The third-order valence-corrected chi connectivity index (χ3v) is 2.57. The SMILES string of the molecule is Nc1cc(=O)[nH]c(Sc2cncc(C(=O)O)n2)n1. The molecule has 8 nitrogen and oxygen atoms in total. The summed E-state index contributed by atoms with van der Waals surface area (Å²) in [7, 11) is 0. The van der Waals surface area contributed by atoms with Crippen molar-refractivity contribution in [3.63, 3.8) is 0 Å². The number of nitrogens with one attached hydrogen (secondary N) is 1. The number of nitrogens with two attached hydrogens (primary N) is 1. The summed E-state index contributed by atoms with van der Waals surface area (Å²) in [6.45, 7) is 0. The number of rotatable bonds is 3. The number of nitrogens with zero attached hydrogens (tertiary/aromatic N) is 3. The molecule has 2 aromatic heterocycles. The zero-order valence-corrected chi connectivity index (χ0v) is 9.64. The molecular formula is C9H7N5O3S. The highest BCUT2D eigenvalue weighted by Gasteiger charge is 2.08. The Morgan fingerprint density at radius 1 is 1.39 bits per heavy atom. The third-order valence-electron chi connectivity index (χ3n) is 1.77. The predicted molar refractivity (Wildman–Crippen MR) is 62.4 cm³/mol. The van der Waals surface area contributed by atoms with Crippen molar-refractivity contribution in [2.24, 2.45) is 0 Å². The van der Waals surface area contributed by atoms with E-state index in [0.717, 1.165) is 24.0 Å². The Morgan fingerprint density at radius 3 is 2.83 bits per heavy atom. The summed E-state index contributed by atoms with van der Waals surface area (Å²) in [6.07, 6.45) is 2.49. The van der Waals surface area contributed by atoms with Crippen molar-refractivity contribution >= 4 is 23.5 Å². The minimum Gasteiger partial charge on any atom is -0.476 e. The van der Waals surface area contributed by atoms with Gasteiger partial charge in [0.25, 0.3) is 5.56 Å². The molecule has 0 saturated carbocycles. The lowest BCUT2D eigenvalue weighted by Gasteiger charge is -2.01. The highest BCUT2D eigenvalue weighted by atomic mass is 32.2. The lowest BCUT2D eigenvalue weighted by atomic mass is 10.5. The maximum absolute atomic E-state index is 11.2. The summed E-state index contributed by atoms with van der Waals surface area (Å²) in [5.41, 5.74) is 4.83. The molecule has 0 aromatic carbocycles. The van der Waals surface area contributed by atoms with Crippen molar-refractivity contribution in [3.8, 4) is 0 Å². The van der Waals surface area contributed by atoms with Gasteiger partial charge in [-0.3, -0.25) is 9.78 Å². The number of aromatic carboxylic acids is 1. The summed E-state index contributed by atoms with van der Waals surface area (Å²) in [5, 5.41) is 9.27. The zero-order valence-electron chi connectivity index (χ0n) is 8.82. The molecule has 0 aliphatic rings. The quantitative estimate of drug-likeness (QED) is 0.659. The van der Waals surface area contributed by atoms with E-state index in [9.17, 15) is 9.59 Å². The first kappa shape index (κ1) is 12.0. The monoisotopic (exact) mass is 265 g/mol. The van der Waals surface area contributed by atoms with Gasteiger partial charge in [0.05, 0.1) is 12.4 Å². The van der Waals surface area contributed by atoms with Crippen molar-refractivity contribution in [1.29, 1.82) is 0 Å². The zero-order chi connectivity index (χ0) is 13.1.